The van der Waals surface area contributed by atoms with E-state index in [-0.39, 0.29) is 23.6 Å². The van der Waals surface area contributed by atoms with Crippen LogP contribution in [0, 0.1) is 10.1 Å². The number of rotatable bonds is 8. The van der Waals surface area contributed by atoms with Gasteiger partial charge in [-0.3, -0.25) is 14.9 Å². The van der Waals surface area contributed by atoms with Crippen molar-refractivity contribution in [3.63, 3.8) is 0 Å². The number of aliphatic hydroxyl groups is 1. The summed E-state index contributed by atoms with van der Waals surface area (Å²) in [4.78, 5) is 22.5. The number of aliphatic hydroxyl groups excluding tert-OH is 1. The van der Waals surface area contributed by atoms with Crippen LogP contribution >= 0.6 is 11.8 Å². The van der Waals surface area contributed by atoms with Crippen LogP contribution in [0.1, 0.15) is 10.4 Å². The molecule has 0 atom stereocenters. The Morgan fingerprint density at radius 3 is 2.85 bits per heavy atom. The molecule has 1 aromatic rings. The fraction of sp³-hybridized carbons (Fsp3) is 0.214. The molecule has 1 aromatic carbocycles. The Balaban J connectivity index is 2.94. The Bertz CT molecular complexity index is 540. The third-order valence-electron chi connectivity index (χ3n) is 2.42. The number of nitro benzene ring substituents is 1. The molecule has 0 amide bonds. The van der Waals surface area contributed by atoms with E-state index >= 15 is 0 Å². The van der Waals surface area contributed by atoms with E-state index < -0.39 is 4.92 Å². The summed E-state index contributed by atoms with van der Waals surface area (Å²) in [6, 6.07) is 5.63. The number of carbonyl (C=O) groups is 1. The number of non-ortho nitro benzene ring substituents is 1. The topological polar surface area (TPSA) is 80.4 Å². The summed E-state index contributed by atoms with van der Waals surface area (Å²) < 4.78 is 0. The summed E-state index contributed by atoms with van der Waals surface area (Å²) in [6.45, 7) is 3.59. The molecule has 0 saturated heterocycles. The summed E-state index contributed by atoms with van der Waals surface area (Å²) in [7, 11) is 0. The standard InChI is InChI=1S/C14H15NO4S/c1-2-4-12(10-20-8-7-16)14(17)11-5-3-6-13(9-11)15(18)19/h2-6,9,16H,1,7-8,10H2/b12-4-. The van der Waals surface area contributed by atoms with E-state index in [2.05, 4.69) is 6.58 Å². The lowest BCUT2D eigenvalue weighted by atomic mass is 10.0. The SMILES string of the molecule is C=C/C=C(/CSCCO)C(=O)c1cccc([N+](=O)[O-])c1. The van der Waals surface area contributed by atoms with E-state index in [1.807, 2.05) is 0 Å². The Morgan fingerprint density at radius 1 is 1.50 bits per heavy atom. The van der Waals surface area contributed by atoms with Crippen molar-refractivity contribution in [2.45, 2.75) is 0 Å². The number of nitrogens with zero attached hydrogens (tertiary/aromatic N) is 1. The molecule has 106 valence electrons. The molecule has 0 radical (unpaired) electrons. The fourth-order valence-electron chi connectivity index (χ4n) is 1.52. The van der Waals surface area contributed by atoms with Crippen LogP contribution in [-0.4, -0.2) is 33.9 Å². The van der Waals surface area contributed by atoms with Crippen molar-refractivity contribution in [3.8, 4) is 0 Å². The maximum absolute atomic E-state index is 12.3. The van der Waals surface area contributed by atoms with Crippen molar-refractivity contribution in [2.75, 3.05) is 18.1 Å². The lowest BCUT2D eigenvalue weighted by Gasteiger charge is -2.06. The largest absolute Gasteiger partial charge is 0.396 e. The van der Waals surface area contributed by atoms with Gasteiger partial charge >= 0.3 is 0 Å². The summed E-state index contributed by atoms with van der Waals surface area (Å²) in [5, 5.41) is 19.5. The second-order valence-corrected chi connectivity index (χ2v) is 4.95. The van der Waals surface area contributed by atoms with Gasteiger partial charge in [0, 0.05) is 34.8 Å². The molecular weight excluding hydrogens is 278 g/mol. The lowest BCUT2D eigenvalue weighted by Crippen LogP contribution is -2.07. The summed E-state index contributed by atoms with van der Waals surface area (Å²) in [5.41, 5.74) is 0.660. The van der Waals surface area contributed by atoms with Crippen molar-refractivity contribution in [2.24, 2.45) is 0 Å². The van der Waals surface area contributed by atoms with E-state index in [0.29, 0.717) is 17.1 Å². The molecule has 0 aliphatic heterocycles. The average Bonchev–Trinajstić information content (AvgIpc) is 2.46. The third kappa shape index (κ3) is 4.64. The monoisotopic (exact) mass is 293 g/mol. The van der Waals surface area contributed by atoms with Crippen molar-refractivity contribution in [1.82, 2.24) is 0 Å². The van der Waals surface area contributed by atoms with Gasteiger partial charge in [0.25, 0.3) is 5.69 Å². The molecule has 0 aromatic heterocycles. The van der Waals surface area contributed by atoms with Gasteiger partial charge in [-0.15, -0.1) is 0 Å². The highest BCUT2D eigenvalue weighted by atomic mass is 32.2. The van der Waals surface area contributed by atoms with Crippen LogP contribution in [0.5, 0.6) is 0 Å². The molecular formula is C14H15NO4S. The number of ketones is 1. The Kier molecular flexibility index (Phi) is 6.69. The second-order valence-electron chi connectivity index (χ2n) is 3.84. The highest BCUT2D eigenvalue weighted by molar-refractivity contribution is 7.99. The van der Waals surface area contributed by atoms with Gasteiger partial charge < -0.3 is 5.11 Å². The minimum absolute atomic E-state index is 0.0387. The molecule has 20 heavy (non-hydrogen) atoms. The van der Waals surface area contributed by atoms with Crippen LogP contribution < -0.4 is 0 Å². The van der Waals surface area contributed by atoms with Crippen LogP contribution in [0.4, 0.5) is 5.69 Å². The van der Waals surface area contributed by atoms with E-state index in [0.717, 1.165) is 0 Å². The first kappa shape index (κ1) is 16.1. The molecule has 6 heteroatoms. The number of nitro groups is 1. The molecule has 5 nitrogen and oxygen atoms in total. The summed E-state index contributed by atoms with van der Waals surface area (Å²) in [6.07, 6.45) is 3.09. The second kappa shape index (κ2) is 8.29. The number of Topliss-reactive ketones (excluding diaryl/α,β-unsaturated/α-hetero) is 1. The Labute approximate surface area is 121 Å². The quantitative estimate of drug-likeness (QED) is 0.199. The molecule has 0 saturated carbocycles. The normalized spacial score (nSPS) is 11.2. The van der Waals surface area contributed by atoms with Gasteiger partial charge in [-0.2, -0.15) is 11.8 Å². The summed E-state index contributed by atoms with van der Waals surface area (Å²) in [5.74, 6) is 0.684. The van der Waals surface area contributed by atoms with Gasteiger partial charge in [-0.25, -0.2) is 0 Å². The van der Waals surface area contributed by atoms with Crippen LogP contribution in [0.3, 0.4) is 0 Å². The van der Waals surface area contributed by atoms with Crippen LogP contribution in [0.2, 0.25) is 0 Å². The smallest absolute Gasteiger partial charge is 0.270 e. The zero-order valence-corrected chi connectivity index (χ0v) is 11.6. The first-order chi connectivity index (χ1) is 9.60. The van der Waals surface area contributed by atoms with Gasteiger partial charge in [-0.1, -0.05) is 30.9 Å². The van der Waals surface area contributed by atoms with Crippen molar-refractivity contribution in [1.29, 1.82) is 0 Å². The number of hydrogen-bond acceptors (Lipinski definition) is 5. The molecule has 1 rings (SSSR count). The molecule has 0 aliphatic carbocycles. The summed E-state index contributed by atoms with van der Waals surface area (Å²) >= 11 is 1.41. The van der Waals surface area contributed by atoms with E-state index in [4.69, 9.17) is 5.11 Å². The first-order valence-corrected chi connectivity index (χ1v) is 7.05. The average molecular weight is 293 g/mol. The third-order valence-corrected chi connectivity index (χ3v) is 3.41. The fourth-order valence-corrected chi connectivity index (χ4v) is 2.25. The predicted molar refractivity (Wildman–Crippen MR) is 80.1 cm³/mol. The van der Waals surface area contributed by atoms with Gasteiger partial charge in [-0.05, 0) is 0 Å². The molecule has 0 heterocycles. The van der Waals surface area contributed by atoms with E-state index in [1.54, 1.807) is 12.1 Å². The zero-order valence-electron chi connectivity index (χ0n) is 10.8. The van der Waals surface area contributed by atoms with E-state index in [1.165, 1.54) is 36.0 Å². The number of benzene rings is 1. The van der Waals surface area contributed by atoms with Gasteiger partial charge in [0.2, 0.25) is 0 Å². The molecule has 0 bridgehead atoms. The maximum Gasteiger partial charge on any atom is 0.270 e. The molecule has 0 unspecified atom stereocenters. The molecule has 0 spiro atoms. The maximum atomic E-state index is 12.3. The number of thioether (sulfide) groups is 1. The Hall–Kier alpha value is -1.92. The highest BCUT2D eigenvalue weighted by Crippen LogP contribution is 2.18. The first-order valence-electron chi connectivity index (χ1n) is 5.89. The van der Waals surface area contributed by atoms with E-state index in [9.17, 15) is 14.9 Å². The van der Waals surface area contributed by atoms with Crippen molar-refractivity contribution in [3.05, 3.63) is 64.2 Å². The number of carbonyl (C=O) groups excluding carboxylic acids is 1. The van der Waals surface area contributed by atoms with Crippen LogP contribution in [0.15, 0.2) is 48.6 Å². The molecule has 1 N–H and O–H groups in total. The molecule has 0 aliphatic rings. The number of hydrogen-bond donors (Lipinski definition) is 1. The minimum Gasteiger partial charge on any atom is -0.396 e. The lowest BCUT2D eigenvalue weighted by molar-refractivity contribution is -0.384. The van der Waals surface area contributed by atoms with Crippen molar-refractivity contribution < 1.29 is 14.8 Å². The van der Waals surface area contributed by atoms with Crippen LogP contribution in [0.25, 0.3) is 0 Å². The van der Waals surface area contributed by atoms with Gasteiger partial charge in [0.1, 0.15) is 0 Å². The van der Waals surface area contributed by atoms with Gasteiger partial charge in [0.05, 0.1) is 11.5 Å². The predicted octanol–water partition coefficient (Wildman–Crippen LogP) is 2.62. The van der Waals surface area contributed by atoms with Crippen LogP contribution in [-0.2, 0) is 0 Å². The number of allylic oxidation sites excluding steroid dienone is 2. The van der Waals surface area contributed by atoms with Gasteiger partial charge in [0.15, 0.2) is 5.78 Å². The molecule has 0 fully saturated rings. The minimum atomic E-state index is -0.534. The zero-order chi connectivity index (χ0) is 15.0. The highest BCUT2D eigenvalue weighted by Gasteiger charge is 2.15. The Morgan fingerprint density at radius 2 is 2.25 bits per heavy atom. The van der Waals surface area contributed by atoms with Crippen molar-refractivity contribution >= 4 is 23.2 Å².